The van der Waals surface area contributed by atoms with Crippen molar-refractivity contribution in [3.8, 4) is 0 Å². The van der Waals surface area contributed by atoms with Crippen LogP contribution in [0.4, 0.5) is 5.69 Å². The molecule has 0 spiro atoms. The molecule has 0 aliphatic rings. The molecule has 0 fully saturated rings. The molecule has 106 valence electrons. The van der Waals surface area contributed by atoms with E-state index in [-0.39, 0.29) is 0 Å². The maximum Gasteiger partial charge on any atom is 0.104 e. The van der Waals surface area contributed by atoms with Crippen LogP contribution in [0.2, 0.25) is 0 Å². The van der Waals surface area contributed by atoms with Gasteiger partial charge in [0.25, 0.3) is 0 Å². The van der Waals surface area contributed by atoms with E-state index in [9.17, 15) is 5.11 Å². The first kappa shape index (κ1) is 14.6. The molecule has 0 bridgehead atoms. The van der Waals surface area contributed by atoms with Crippen LogP contribution in [0.15, 0.2) is 54.6 Å². The third-order valence-corrected chi connectivity index (χ3v) is 3.60. The quantitative estimate of drug-likeness (QED) is 0.855. The minimum absolute atomic E-state index is 0.459. The number of aliphatic hydroxyl groups is 1. The molecule has 0 aliphatic heterocycles. The summed E-state index contributed by atoms with van der Waals surface area (Å²) in [5.41, 5.74) is 2.41. The molecule has 1 atom stereocenters. The molecule has 0 amide bonds. The van der Waals surface area contributed by atoms with Gasteiger partial charge in [-0.15, -0.1) is 0 Å². The average molecular weight is 269 g/mol. The van der Waals surface area contributed by atoms with Crippen molar-refractivity contribution in [1.82, 2.24) is 0 Å². The third-order valence-electron chi connectivity index (χ3n) is 3.60. The van der Waals surface area contributed by atoms with Crippen LogP contribution in [-0.2, 0) is 5.60 Å². The molecule has 2 nitrogen and oxygen atoms in total. The summed E-state index contributed by atoms with van der Waals surface area (Å²) in [6.07, 6.45) is 0. The van der Waals surface area contributed by atoms with Crippen LogP contribution in [0, 0.1) is 0 Å². The number of nitrogens with one attached hydrogen (secondary N) is 1. The van der Waals surface area contributed by atoms with E-state index in [2.05, 4.69) is 37.4 Å². The minimum atomic E-state index is -0.884. The molecule has 0 aliphatic carbocycles. The standard InChI is InChI=1S/C18H23NO/c1-14(2)16-11-7-8-12-17(16)19-13-18(3,20)15-9-5-4-6-10-15/h4-12,14,19-20H,13H2,1-3H3. The highest BCUT2D eigenvalue weighted by molar-refractivity contribution is 5.53. The molecule has 2 aromatic rings. The van der Waals surface area contributed by atoms with Gasteiger partial charge in [0.15, 0.2) is 0 Å². The molecule has 0 saturated heterocycles. The van der Waals surface area contributed by atoms with Crippen LogP contribution in [-0.4, -0.2) is 11.7 Å². The Hall–Kier alpha value is -1.80. The van der Waals surface area contributed by atoms with Crippen molar-refractivity contribution in [1.29, 1.82) is 0 Å². The molecule has 0 aromatic heterocycles. The first-order valence-electron chi connectivity index (χ1n) is 7.11. The first-order valence-corrected chi connectivity index (χ1v) is 7.11. The summed E-state index contributed by atoms with van der Waals surface area (Å²) >= 11 is 0. The fraction of sp³-hybridized carbons (Fsp3) is 0.333. The zero-order valence-electron chi connectivity index (χ0n) is 12.4. The van der Waals surface area contributed by atoms with Crippen molar-refractivity contribution < 1.29 is 5.11 Å². The second-order valence-electron chi connectivity index (χ2n) is 5.74. The van der Waals surface area contributed by atoms with Crippen molar-refractivity contribution in [2.75, 3.05) is 11.9 Å². The van der Waals surface area contributed by atoms with Gasteiger partial charge in [-0.3, -0.25) is 0 Å². The van der Waals surface area contributed by atoms with E-state index in [1.807, 2.05) is 43.3 Å². The second-order valence-corrected chi connectivity index (χ2v) is 5.74. The summed E-state index contributed by atoms with van der Waals surface area (Å²) < 4.78 is 0. The summed E-state index contributed by atoms with van der Waals surface area (Å²) in [5.74, 6) is 0.459. The number of hydrogen-bond acceptors (Lipinski definition) is 2. The van der Waals surface area contributed by atoms with Gasteiger partial charge in [-0.2, -0.15) is 0 Å². The van der Waals surface area contributed by atoms with E-state index in [0.29, 0.717) is 12.5 Å². The Labute approximate surface area is 121 Å². The predicted octanol–water partition coefficient (Wildman–Crippen LogP) is 4.13. The first-order chi connectivity index (χ1) is 9.50. The summed E-state index contributed by atoms with van der Waals surface area (Å²) in [4.78, 5) is 0. The monoisotopic (exact) mass is 269 g/mol. The van der Waals surface area contributed by atoms with Gasteiger partial charge in [-0.25, -0.2) is 0 Å². The highest BCUT2D eigenvalue weighted by atomic mass is 16.3. The Bertz CT molecular complexity index is 546. The molecule has 2 rings (SSSR count). The van der Waals surface area contributed by atoms with Crippen molar-refractivity contribution in [3.05, 3.63) is 65.7 Å². The molecular weight excluding hydrogens is 246 g/mol. The highest BCUT2D eigenvalue weighted by Crippen LogP contribution is 2.26. The normalized spacial score (nSPS) is 14.1. The van der Waals surface area contributed by atoms with Gasteiger partial charge in [0.05, 0.1) is 0 Å². The fourth-order valence-corrected chi connectivity index (χ4v) is 2.33. The molecule has 2 aromatic carbocycles. The topological polar surface area (TPSA) is 32.3 Å². The molecule has 20 heavy (non-hydrogen) atoms. The van der Waals surface area contributed by atoms with Gasteiger partial charge in [-0.05, 0) is 30.0 Å². The van der Waals surface area contributed by atoms with Gasteiger partial charge < -0.3 is 10.4 Å². The number of para-hydroxylation sites is 1. The van der Waals surface area contributed by atoms with Crippen LogP contribution in [0.3, 0.4) is 0 Å². The number of hydrogen-bond donors (Lipinski definition) is 2. The zero-order chi connectivity index (χ0) is 14.6. The maximum absolute atomic E-state index is 10.6. The largest absolute Gasteiger partial charge is 0.384 e. The predicted molar refractivity (Wildman–Crippen MR) is 85.0 cm³/mol. The Balaban J connectivity index is 2.13. The van der Waals surface area contributed by atoms with Crippen molar-refractivity contribution >= 4 is 5.69 Å². The Kier molecular flexibility index (Phi) is 4.46. The molecule has 2 heteroatoms. The highest BCUT2D eigenvalue weighted by Gasteiger charge is 2.22. The Morgan fingerprint density at radius 3 is 2.25 bits per heavy atom. The average Bonchev–Trinajstić information content (AvgIpc) is 2.46. The number of rotatable bonds is 5. The van der Waals surface area contributed by atoms with Crippen LogP contribution in [0.5, 0.6) is 0 Å². The molecule has 0 saturated carbocycles. The van der Waals surface area contributed by atoms with Crippen LogP contribution >= 0.6 is 0 Å². The third kappa shape index (κ3) is 3.40. The molecule has 1 unspecified atom stereocenters. The minimum Gasteiger partial charge on any atom is -0.384 e. The summed E-state index contributed by atoms with van der Waals surface area (Å²) in [6, 6.07) is 18.0. The van der Waals surface area contributed by atoms with Crippen LogP contribution < -0.4 is 5.32 Å². The van der Waals surface area contributed by atoms with Crippen LogP contribution in [0.25, 0.3) is 0 Å². The lowest BCUT2D eigenvalue weighted by molar-refractivity contribution is 0.0715. The van der Waals surface area contributed by atoms with E-state index in [1.165, 1.54) is 5.56 Å². The summed E-state index contributed by atoms with van der Waals surface area (Å²) in [7, 11) is 0. The Morgan fingerprint density at radius 2 is 1.60 bits per heavy atom. The molecule has 0 radical (unpaired) electrons. The summed E-state index contributed by atoms with van der Waals surface area (Å²) in [6.45, 7) is 6.68. The number of benzene rings is 2. The Morgan fingerprint density at radius 1 is 1.00 bits per heavy atom. The smallest absolute Gasteiger partial charge is 0.104 e. The van der Waals surface area contributed by atoms with Gasteiger partial charge in [0.2, 0.25) is 0 Å². The lowest BCUT2D eigenvalue weighted by atomic mass is 9.95. The van der Waals surface area contributed by atoms with E-state index in [0.717, 1.165) is 11.3 Å². The van der Waals surface area contributed by atoms with E-state index in [4.69, 9.17) is 0 Å². The zero-order valence-corrected chi connectivity index (χ0v) is 12.4. The SMILES string of the molecule is CC(C)c1ccccc1NCC(C)(O)c1ccccc1. The van der Waals surface area contributed by atoms with Gasteiger partial charge in [-0.1, -0.05) is 62.4 Å². The van der Waals surface area contributed by atoms with Gasteiger partial charge >= 0.3 is 0 Å². The van der Waals surface area contributed by atoms with Gasteiger partial charge in [0.1, 0.15) is 5.60 Å². The van der Waals surface area contributed by atoms with E-state index < -0.39 is 5.60 Å². The molecular formula is C18H23NO. The second kappa shape index (κ2) is 6.10. The number of anilines is 1. The van der Waals surface area contributed by atoms with Crippen molar-refractivity contribution in [2.45, 2.75) is 32.3 Å². The summed E-state index contributed by atoms with van der Waals surface area (Å²) in [5, 5.41) is 14.0. The van der Waals surface area contributed by atoms with E-state index >= 15 is 0 Å². The molecule has 2 N–H and O–H groups in total. The lowest BCUT2D eigenvalue weighted by Crippen LogP contribution is -2.30. The van der Waals surface area contributed by atoms with Gasteiger partial charge in [0, 0.05) is 12.2 Å². The van der Waals surface area contributed by atoms with Crippen molar-refractivity contribution in [2.24, 2.45) is 0 Å². The van der Waals surface area contributed by atoms with E-state index in [1.54, 1.807) is 0 Å². The van der Waals surface area contributed by atoms with Crippen molar-refractivity contribution in [3.63, 3.8) is 0 Å². The van der Waals surface area contributed by atoms with Crippen LogP contribution in [0.1, 0.15) is 37.8 Å². The molecule has 0 heterocycles. The maximum atomic E-state index is 10.6. The lowest BCUT2D eigenvalue weighted by Gasteiger charge is -2.26. The fourth-order valence-electron chi connectivity index (χ4n) is 2.33.